The van der Waals surface area contributed by atoms with Gasteiger partial charge in [0.2, 0.25) is 5.91 Å². The first kappa shape index (κ1) is 15.0. The molecule has 0 unspecified atom stereocenters. The Morgan fingerprint density at radius 1 is 1.30 bits per heavy atom. The van der Waals surface area contributed by atoms with Crippen LogP contribution in [0.2, 0.25) is 5.02 Å². The van der Waals surface area contributed by atoms with Crippen LogP contribution in [0.15, 0.2) is 48.7 Å². The Balaban J connectivity index is 1.78. The fraction of sp³-hybridized carbons (Fsp3) is 0.0667. The first-order chi connectivity index (χ1) is 11.0. The van der Waals surface area contributed by atoms with Crippen molar-refractivity contribution in [3.8, 4) is 0 Å². The van der Waals surface area contributed by atoms with Crippen molar-refractivity contribution < 1.29 is 9.72 Å². The Morgan fingerprint density at radius 2 is 2.13 bits per heavy atom. The van der Waals surface area contributed by atoms with E-state index in [1.165, 1.54) is 23.0 Å². The van der Waals surface area contributed by atoms with Crippen LogP contribution in [0.4, 0.5) is 11.4 Å². The Kier molecular flexibility index (Phi) is 3.94. The highest BCUT2D eigenvalue weighted by atomic mass is 35.5. The van der Waals surface area contributed by atoms with Crippen LogP contribution in [0, 0.1) is 10.1 Å². The van der Waals surface area contributed by atoms with Gasteiger partial charge in [-0.1, -0.05) is 17.7 Å². The lowest BCUT2D eigenvalue weighted by molar-refractivity contribution is -0.384. The minimum atomic E-state index is -0.470. The molecule has 0 aliphatic carbocycles. The first-order valence-electron chi connectivity index (χ1n) is 6.68. The van der Waals surface area contributed by atoms with Gasteiger partial charge in [0.25, 0.3) is 5.69 Å². The van der Waals surface area contributed by atoms with E-state index in [4.69, 9.17) is 11.6 Å². The molecule has 0 spiro atoms. The van der Waals surface area contributed by atoms with E-state index in [-0.39, 0.29) is 18.1 Å². The van der Waals surface area contributed by atoms with Gasteiger partial charge in [-0.05, 0) is 24.3 Å². The van der Waals surface area contributed by atoms with E-state index in [0.29, 0.717) is 21.6 Å². The van der Waals surface area contributed by atoms with Crippen LogP contribution in [-0.2, 0) is 11.3 Å². The number of nitro groups is 1. The van der Waals surface area contributed by atoms with E-state index in [2.05, 4.69) is 10.4 Å². The van der Waals surface area contributed by atoms with E-state index < -0.39 is 4.92 Å². The standard InChI is InChI=1S/C15H11ClN4O3/c16-11-2-1-3-12(7-11)18-15(21)9-19-14-5-4-13(20(22)23)6-10(14)8-17-19/h1-8H,9H2,(H,18,21). The lowest BCUT2D eigenvalue weighted by atomic mass is 10.2. The molecular weight excluding hydrogens is 320 g/mol. The van der Waals surface area contributed by atoms with Gasteiger partial charge in [-0.25, -0.2) is 0 Å². The van der Waals surface area contributed by atoms with Crippen LogP contribution in [0.1, 0.15) is 0 Å². The Hall–Kier alpha value is -2.93. The van der Waals surface area contributed by atoms with Crippen molar-refractivity contribution >= 4 is 39.8 Å². The summed E-state index contributed by atoms with van der Waals surface area (Å²) >= 11 is 5.87. The number of anilines is 1. The van der Waals surface area contributed by atoms with Crippen LogP contribution < -0.4 is 5.32 Å². The van der Waals surface area contributed by atoms with Gasteiger partial charge in [0.15, 0.2) is 0 Å². The number of aromatic nitrogens is 2. The van der Waals surface area contributed by atoms with Gasteiger partial charge in [-0.15, -0.1) is 0 Å². The zero-order valence-electron chi connectivity index (χ0n) is 11.8. The summed E-state index contributed by atoms with van der Waals surface area (Å²) < 4.78 is 1.49. The predicted octanol–water partition coefficient (Wildman–Crippen LogP) is 3.24. The number of rotatable bonds is 4. The number of carbonyl (C=O) groups excluding carboxylic acids is 1. The number of carbonyl (C=O) groups is 1. The summed E-state index contributed by atoms with van der Waals surface area (Å²) in [6, 6.07) is 11.2. The maximum absolute atomic E-state index is 12.1. The molecule has 116 valence electrons. The molecule has 3 rings (SSSR count). The molecular formula is C15H11ClN4O3. The molecule has 0 bridgehead atoms. The number of nitro benzene ring substituents is 1. The quantitative estimate of drug-likeness (QED) is 0.587. The molecule has 1 heterocycles. The third kappa shape index (κ3) is 3.29. The number of nitrogens with zero attached hydrogens (tertiary/aromatic N) is 3. The maximum Gasteiger partial charge on any atom is 0.270 e. The first-order valence-corrected chi connectivity index (χ1v) is 7.06. The molecule has 0 saturated carbocycles. The zero-order chi connectivity index (χ0) is 16.4. The van der Waals surface area contributed by atoms with E-state index >= 15 is 0 Å². The summed E-state index contributed by atoms with van der Waals surface area (Å²) in [4.78, 5) is 22.4. The number of hydrogen-bond donors (Lipinski definition) is 1. The smallest absolute Gasteiger partial charge is 0.270 e. The van der Waals surface area contributed by atoms with Gasteiger partial charge in [-0.2, -0.15) is 5.10 Å². The van der Waals surface area contributed by atoms with Crippen LogP contribution in [0.25, 0.3) is 10.9 Å². The molecule has 1 N–H and O–H groups in total. The number of non-ortho nitro benzene ring substituents is 1. The Bertz CT molecular complexity index is 907. The number of nitrogens with one attached hydrogen (secondary N) is 1. The van der Waals surface area contributed by atoms with Crippen molar-refractivity contribution in [2.24, 2.45) is 0 Å². The lowest BCUT2D eigenvalue weighted by Gasteiger charge is -2.06. The second-order valence-corrected chi connectivity index (χ2v) is 5.30. The molecule has 3 aromatic rings. The van der Waals surface area contributed by atoms with E-state index in [1.54, 1.807) is 30.3 Å². The van der Waals surface area contributed by atoms with Crippen LogP contribution in [0.3, 0.4) is 0 Å². The third-order valence-corrected chi connectivity index (χ3v) is 3.47. The summed E-state index contributed by atoms with van der Waals surface area (Å²) in [5.74, 6) is -0.268. The third-order valence-electron chi connectivity index (χ3n) is 3.24. The summed E-state index contributed by atoms with van der Waals surface area (Å²) in [6.45, 7) is -0.00613. The average Bonchev–Trinajstić information content (AvgIpc) is 2.89. The topological polar surface area (TPSA) is 90.1 Å². The van der Waals surface area contributed by atoms with Gasteiger partial charge in [0, 0.05) is 28.2 Å². The summed E-state index contributed by atoms with van der Waals surface area (Å²) in [6.07, 6.45) is 1.50. The van der Waals surface area contributed by atoms with Gasteiger partial charge in [0.05, 0.1) is 16.6 Å². The normalized spacial score (nSPS) is 10.7. The molecule has 0 radical (unpaired) electrons. The molecule has 0 atom stereocenters. The van der Waals surface area contributed by atoms with E-state index in [1.807, 2.05) is 0 Å². The second kappa shape index (κ2) is 6.05. The zero-order valence-corrected chi connectivity index (χ0v) is 12.5. The molecule has 1 aromatic heterocycles. The molecule has 2 aromatic carbocycles. The minimum Gasteiger partial charge on any atom is -0.324 e. The molecule has 0 aliphatic rings. The van der Waals surface area contributed by atoms with Crippen LogP contribution >= 0.6 is 11.6 Å². The average molecular weight is 331 g/mol. The monoisotopic (exact) mass is 330 g/mol. The minimum absolute atomic E-state index is 0.00613. The summed E-state index contributed by atoms with van der Waals surface area (Å²) in [5.41, 5.74) is 1.23. The lowest BCUT2D eigenvalue weighted by Crippen LogP contribution is -2.19. The number of benzene rings is 2. The fourth-order valence-corrected chi connectivity index (χ4v) is 2.41. The van der Waals surface area contributed by atoms with Crippen LogP contribution in [0.5, 0.6) is 0 Å². The SMILES string of the molecule is O=C(Cn1ncc2cc([N+](=O)[O-])ccc21)Nc1cccc(Cl)c1. The van der Waals surface area contributed by atoms with Crippen molar-refractivity contribution in [3.05, 3.63) is 63.8 Å². The van der Waals surface area contributed by atoms with E-state index in [9.17, 15) is 14.9 Å². The largest absolute Gasteiger partial charge is 0.324 e. The number of hydrogen-bond acceptors (Lipinski definition) is 4. The Labute approximate surface area is 135 Å². The Morgan fingerprint density at radius 3 is 2.87 bits per heavy atom. The van der Waals surface area contributed by atoms with Crippen molar-refractivity contribution in [1.29, 1.82) is 0 Å². The van der Waals surface area contributed by atoms with Gasteiger partial charge in [-0.3, -0.25) is 19.6 Å². The molecule has 7 nitrogen and oxygen atoms in total. The number of halogens is 1. The predicted molar refractivity (Wildman–Crippen MR) is 86.5 cm³/mol. The highest BCUT2D eigenvalue weighted by Gasteiger charge is 2.12. The second-order valence-electron chi connectivity index (χ2n) is 4.86. The fourth-order valence-electron chi connectivity index (χ4n) is 2.22. The number of amides is 1. The summed E-state index contributed by atoms with van der Waals surface area (Å²) in [7, 11) is 0. The van der Waals surface area contributed by atoms with Crippen molar-refractivity contribution in [3.63, 3.8) is 0 Å². The molecule has 0 aliphatic heterocycles. The molecule has 0 saturated heterocycles. The highest BCUT2D eigenvalue weighted by Crippen LogP contribution is 2.21. The van der Waals surface area contributed by atoms with Crippen molar-refractivity contribution in [2.75, 3.05) is 5.32 Å². The molecule has 23 heavy (non-hydrogen) atoms. The summed E-state index contributed by atoms with van der Waals surface area (Å²) in [5, 5.41) is 18.7. The van der Waals surface area contributed by atoms with Crippen LogP contribution in [-0.4, -0.2) is 20.6 Å². The maximum atomic E-state index is 12.1. The van der Waals surface area contributed by atoms with E-state index in [0.717, 1.165) is 0 Å². The van der Waals surface area contributed by atoms with Gasteiger partial charge < -0.3 is 5.32 Å². The molecule has 0 fully saturated rings. The molecule has 1 amide bonds. The van der Waals surface area contributed by atoms with Gasteiger partial charge >= 0.3 is 0 Å². The van der Waals surface area contributed by atoms with Crippen molar-refractivity contribution in [1.82, 2.24) is 9.78 Å². The van der Waals surface area contributed by atoms with Gasteiger partial charge in [0.1, 0.15) is 6.54 Å². The number of fused-ring (bicyclic) bond motifs is 1. The highest BCUT2D eigenvalue weighted by molar-refractivity contribution is 6.30. The molecule has 8 heteroatoms. The van der Waals surface area contributed by atoms with Crippen molar-refractivity contribution in [2.45, 2.75) is 6.54 Å².